The van der Waals surface area contributed by atoms with Crippen molar-refractivity contribution in [1.29, 1.82) is 0 Å². The number of halogens is 1. The van der Waals surface area contributed by atoms with E-state index in [1.54, 1.807) is 12.1 Å². The molecule has 1 aliphatic rings. The van der Waals surface area contributed by atoms with E-state index in [4.69, 9.17) is 4.42 Å². The van der Waals surface area contributed by atoms with E-state index in [1.165, 1.54) is 37.5 Å². The van der Waals surface area contributed by atoms with Crippen molar-refractivity contribution in [2.45, 2.75) is 12.5 Å². The normalized spacial score (nSPS) is 20.2. The van der Waals surface area contributed by atoms with Gasteiger partial charge in [-0.1, -0.05) is 0 Å². The Morgan fingerprint density at radius 2 is 2.00 bits per heavy atom. The maximum atomic E-state index is 12.8. The first-order chi connectivity index (χ1) is 11.4. The monoisotopic (exact) mass is 331 g/mol. The lowest BCUT2D eigenvalue weighted by molar-refractivity contribution is -0.134. The third-order valence-electron chi connectivity index (χ3n) is 3.72. The third-order valence-corrected chi connectivity index (χ3v) is 3.72. The molecule has 24 heavy (non-hydrogen) atoms. The molecule has 1 aliphatic heterocycles. The van der Waals surface area contributed by atoms with Gasteiger partial charge in [-0.25, -0.2) is 9.18 Å². The molecule has 1 fully saturated rings. The minimum atomic E-state index is -1.35. The Hall–Kier alpha value is -3.16. The Labute approximate surface area is 136 Å². The number of hydrogen-bond acceptors (Lipinski definition) is 4. The van der Waals surface area contributed by atoms with E-state index in [0.29, 0.717) is 5.69 Å². The van der Waals surface area contributed by atoms with Crippen molar-refractivity contribution in [3.05, 3.63) is 54.2 Å². The molecular formula is C16H14FN3O4. The molecule has 124 valence electrons. The summed E-state index contributed by atoms with van der Waals surface area (Å²) in [6.07, 6.45) is 1.39. The molecule has 8 heteroatoms. The highest BCUT2D eigenvalue weighted by atomic mass is 19.1. The average molecular weight is 331 g/mol. The highest BCUT2D eigenvalue weighted by molar-refractivity contribution is 6.09. The van der Waals surface area contributed by atoms with Gasteiger partial charge in [0, 0.05) is 5.69 Å². The molecule has 1 aromatic heterocycles. The van der Waals surface area contributed by atoms with Crippen LogP contribution in [0.4, 0.5) is 14.9 Å². The van der Waals surface area contributed by atoms with Crippen molar-refractivity contribution in [3.63, 3.8) is 0 Å². The standard InChI is InChI=1S/C16H14FN3O4/c1-16(12-3-2-8-24-12)14(22)20(15(23)19-16)9-13(21)18-11-6-4-10(17)5-7-11/h2-8H,9H2,1H3,(H,18,21)(H,19,23)/t16-/m0/s1. The lowest BCUT2D eigenvalue weighted by Crippen LogP contribution is -2.41. The van der Waals surface area contributed by atoms with Crippen LogP contribution in [0.25, 0.3) is 0 Å². The van der Waals surface area contributed by atoms with Gasteiger partial charge in [0.1, 0.15) is 18.1 Å². The molecule has 2 heterocycles. The number of hydrogen-bond donors (Lipinski definition) is 2. The molecule has 2 N–H and O–H groups in total. The second-order valence-corrected chi connectivity index (χ2v) is 5.48. The van der Waals surface area contributed by atoms with Crippen molar-refractivity contribution < 1.29 is 23.2 Å². The number of nitrogens with zero attached hydrogens (tertiary/aromatic N) is 1. The smallest absolute Gasteiger partial charge is 0.325 e. The van der Waals surface area contributed by atoms with E-state index in [-0.39, 0.29) is 5.76 Å². The predicted molar refractivity (Wildman–Crippen MR) is 81.3 cm³/mol. The second kappa shape index (κ2) is 5.80. The van der Waals surface area contributed by atoms with Crippen LogP contribution in [0.1, 0.15) is 12.7 Å². The van der Waals surface area contributed by atoms with E-state index in [0.717, 1.165) is 4.90 Å². The van der Waals surface area contributed by atoms with Gasteiger partial charge in [0.25, 0.3) is 5.91 Å². The van der Waals surface area contributed by atoms with Crippen LogP contribution < -0.4 is 10.6 Å². The summed E-state index contributed by atoms with van der Waals surface area (Å²) in [6.45, 7) is 1.04. The van der Waals surface area contributed by atoms with Crippen LogP contribution in [0.5, 0.6) is 0 Å². The number of urea groups is 1. The van der Waals surface area contributed by atoms with Crippen LogP contribution in [-0.2, 0) is 15.1 Å². The molecule has 2 aromatic rings. The molecule has 1 aromatic carbocycles. The summed E-state index contributed by atoms with van der Waals surface area (Å²) < 4.78 is 18.0. The fourth-order valence-electron chi connectivity index (χ4n) is 2.45. The van der Waals surface area contributed by atoms with Crippen LogP contribution in [-0.4, -0.2) is 29.3 Å². The number of anilines is 1. The lowest BCUT2D eigenvalue weighted by Gasteiger charge is -2.18. The molecule has 0 unspecified atom stereocenters. The Kier molecular flexibility index (Phi) is 3.80. The van der Waals surface area contributed by atoms with Gasteiger partial charge in [-0.2, -0.15) is 0 Å². The summed E-state index contributed by atoms with van der Waals surface area (Å²) >= 11 is 0. The van der Waals surface area contributed by atoms with Crippen molar-refractivity contribution in [3.8, 4) is 0 Å². The van der Waals surface area contributed by atoms with Gasteiger partial charge in [0.2, 0.25) is 5.91 Å². The molecule has 0 aliphatic carbocycles. The van der Waals surface area contributed by atoms with Gasteiger partial charge < -0.3 is 15.1 Å². The maximum Gasteiger partial charge on any atom is 0.325 e. The Morgan fingerprint density at radius 1 is 1.29 bits per heavy atom. The van der Waals surface area contributed by atoms with Gasteiger partial charge in [0.15, 0.2) is 5.54 Å². The molecule has 4 amide bonds. The van der Waals surface area contributed by atoms with E-state index < -0.39 is 35.7 Å². The first-order valence-corrected chi connectivity index (χ1v) is 7.13. The van der Waals surface area contributed by atoms with E-state index in [2.05, 4.69) is 10.6 Å². The molecule has 0 bridgehead atoms. The summed E-state index contributed by atoms with van der Waals surface area (Å²) in [5, 5.41) is 5.02. The highest BCUT2D eigenvalue weighted by Gasteiger charge is 2.51. The van der Waals surface area contributed by atoms with Gasteiger partial charge in [-0.3, -0.25) is 14.5 Å². The van der Waals surface area contributed by atoms with Crippen LogP contribution in [0.3, 0.4) is 0 Å². The summed E-state index contributed by atoms with van der Waals surface area (Å²) in [5.74, 6) is -1.32. The Morgan fingerprint density at radius 3 is 2.62 bits per heavy atom. The molecule has 0 spiro atoms. The van der Waals surface area contributed by atoms with E-state index in [1.807, 2.05) is 0 Å². The molecular weight excluding hydrogens is 317 g/mol. The van der Waals surface area contributed by atoms with Crippen molar-refractivity contribution >= 4 is 23.5 Å². The Balaban J connectivity index is 1.71. The fourth-order valence-corrected chi connectivity index (χ4v) is 2.45. The lowest BCUT2D eigenvalue weighted by atomic mass is 9.99. The number of imide groups is 1. The first-order valence-electron chi connectivity index (χ1n) is 7.13. The number of nitrogens with one attached hydrogen (secondary N) is 2. The summed E-state index contributed by atoms with van der Waals surface area (Å²) in [7, 11) is 0. The first kappa shape index (κ1) is 15.7. The minimum absolute atomic E-state index is 0.280. The number of rotatable bonds is 4. The molecule has 1 atom stereocenters. The van der Waals surface area contributed by atoms with Crippen molar-refractivity contribution in [1.82, 2.24) is 10.2 Å². The maximum absolute atomic E-state index is 12.8. The number of amides is 4. The third kappa shape index (κ3) is 2.73. The topological polar surface area (TPSA) is 91.7 Å². The molecule has 7 nitrogen and oxygen atoms in total. The zero-order valence-electron chi connectivity index (χ0n) is 12.7. The largest absolute Gasteiger partial charge is 0.466 e. The number of carbonyl (C=O) groups excluding carboxylic acids is 3. The van der Waals surface area contributed by atoms with Crippen LogP contribution in [0.15, 0.2) is 47.1 Å². The van der Waals surface area contributed by atoms with Gasteiger partial charge in [-0.15, -0.1) is 0 Å². The Bertz CT molecular complexity index is 788. The summed E-state index contributed by atoms with van der Waals surface area (Å²) in [5.41, 5.74) is -0.987. The second-order valence-electron chi connectivity index (χ2n) is 5.48. The predicted octanol–water partition coefficient (Wildman–Crippen LogP) is 1.82. The molecule has 1 saturated heterocycles. The average Bonchev–Trinajstić information content (AvgIpc) is 3.14. The molecule has 0 radical (unpaired) electrons. The molecule has 0 saturated carbocycles. The number of carbonyl (C=O) groups is 3. The van der Waals surface area contributed by atoms with E-state index in [9.17, 15) is 18.8 Å². The minimum Gasteiger partial charge on any atom is -0.466 e. The van der Waals surface area contributed by atoms with Gasteiger partial charge in [0.05, 0.1) is 6.26 Å². The summed E-state index contributed by atoms with van der Waals surface area (Å²) in [6, 6.07) is 7.63. The van der Waals surface area contributed by atoms with Gasteiger partial charge in [-0.05, 0) is 43.3 Å². The quantitative estimate of drug-likeness (QED) is 0.836. The molecule has 3 rings (SSSR count). The van der Waals surface area contributed by atoms with E-state index >= 15 is 0 Å². The van der Waals surface area contributed by atoms with Crippen molar-refractivity contribution in [2.75, 3.05) is 11.9 Å². The summed E-state index contributed by atoms with van der Waals surface area (Å²) in [4.78, 5) is 37.4. The van der Waals surface area contributed by atoms with Crippen LogP contribution in [0, 0.1) is 5.82 Å². The number of furan rings is 1. The zero-order valence-corrected chi connectivity index (χ0v) is 12.7. The zero-order chi connectivity index (χ0) is 17.3. The number of benzene rings is 1. The highest BCUT2D eigenvalue weighted by Crippen LogP contribution is 2.28. The fraction of sp³-hybridized carbons (Fsp3) is 0.188. The van der Waals surface area contributed by atoms with Gasteiger partial charge >= 0.3 is 6.03 Å². The van der Waals surface area contributed by atoms with Crippen LogP contribution >= 0.6 is 0 Å². The van der Waals surface area contributed by atoms with Crippen LogP contribution in [0.2, 0.25) is 0 Å². The van der Waals surface area contributed by atoms with Crippen molar-refractivity contribution in [2.24, 2.45) is 0 Å². The SMILES string of the molecule is C[C@@]1(c2ccco2)NC(=O)N(CC(=O)Nc2ccc(F)cc2)C1=O.